The molecule has 124 valence electrons. The van der Waals surface area contributed by atoms with Crippen molar-refractivity contribution in [1.82, 2.24) is 9.71 Å². The van der Waals surface area contributed by atoms with Crippen molar-refractivity contribution in [2.75, 3.05) is 12.3 Å². The van der Waals surface area contributed by atoms with Gasteiger partial charge in [-0.05, 0) is 37.0 Å². The monoisotopic (exact) mass is 332 g/mol. The molecule has 0 radical (unpaired) electrons. The van der Waals surface area contributed by atoms with E-state index in [2.05, 4.69) is 34.0 Å². The van der Waals surface area contributed by atoms with Crippen LogP contribution in [-0.4, -0.2) is 25.7 Å². The standard InChI is InChI=1S/C18H24N2O2S/c1-3-11-23(21,22)20-14-18(12-16-5-4-10-19-13-16)17-8-6-15(2)7-9-17/h4-10,13,18,20H,3,11-12,14H2,1-2H3. The van der Waals surface area contributed by atoms with Crippen molar-refractivity contribution in [1.29, 1.82) is 0 Å². The Morgan fingerprint density at radius 3 is 2.52 bits per heavy atom. The molecule has 4 nitrogen and oxygen atoms in total. The molecule has 1 atom stereocenters. The lowest BCUT2D eigenvalue weighted by molar-refractivity contribution is 0.567. The van der Waals surface area contributed by atoms with E-state index < -0.39 is 10.0 Å². The van der Waals surface area contributed by atoms with Crippen LogP contribution in [0.2, 0.25) is 0 Å². The van der Waals surface area contributed by atoms with Gasteiger partial charge in [0.05, 0.1) is 5.75 Å². The molecule has 0 saturated heterocycles. The van der Waals surface area contributed by atoms with Gasteiger partial charge in [0.15, 0.2) is 0 Å². The Morgan fingerprint density at radius 1 is 1.17 bits per heavy atom. The summed E-state index contributed by atoms with van der Waals surface area (Å²) in [6.45, 7) is 4.32. The lowest BCUT2D eigenvalue weighted by Gasteiger charge is -2.18. The van der Waals surface area contributed by atoms with E-state index in [1.54, 1.807) is 6.20 Å². The summed E-state index contributed by atoms with van der Waals surface area (Å²) in [5.41, 5.74) is 3.44. The Kier molecular flexibility index (Phi) is 6.30. The molecule has 1 unspecified atom stereocenters. The van der Waals surface area contributed by atoms with Crippen molar-refractivity contribution in [2.45, 2.75) is 32.6 Å². The molecule has 23 heavy (non-hydrogen) atoms. The molecule has 1 heterocycles. The summed E-state index contributed by atoms with van der Waals surface area (Å²) in [7, 11) is -3.20. The fraction of sp³-hybridized carbons (Fsp3) is 0.389. The van der Waals surface area contributed by atoms with Gasteiger partial charge in [-0.2, -0.15) is 0 Å². The molecule has 0 bridgehead atoms. The first-order chi connectivity index (χ1) is 11.0. The fourth-order valence-electron chi connectivity index (χ4n) is 2.52. The van der Waals surface area contributed by atoms with Crippen LogP contribution < -0.4 is 4.72 Å². The maximum Gasteiger partial charge on any atom is 0.211 e. The summed E-state index contributed by atoms with van der Waals surface area (Å²) < 4.78 is 26.6. The Hall–Kier alpha value is -1.72. The van der Waals surface area contributed by atoms with Gasteiger partial charge in [-0.25, -0.2) is 13.1 Å². The Bertz CT molecular complexity index is 698. The van der Waals surface area contributed by atoms with E-state index in [9.17, 15) is 8.42 Å². The van der Waals surface area contributed by atoms with Crippen molar-refractivity contribution in [3.05, 3.63) is 65.5 Å². The van der Waals surface area contributed by atoms with E-state index in [0.717, 1.165) is 17.5 Å². The maximum atomic E-state index is 11.9. The summed E-state index contributed by atoms with van der Waals surface area (Å²) in [4.78, 5) is 4.15. The zero-order chi connectivity index (χ0) is 16.7. The molecule has 0 aliphatic heterocycles. The number of benzene rings is 1. The number of aromatic nitrogens is 1. The first-order valence-corrected chi connectivity index (χ1v) is 9.58. The molecule has 0 aliphatic rings. The van der Waals surface area contributed by atoms with Gasteiger partial charge in [0, 0.05) is 24.9 Å². The van der Waals surface area contributed by atoms with E-state index in [0.29, 0.717) is 13.0 Å². The number of nitrogens with zero attached hydrogens (tertiary/aromatic N) is 1. The van der Waals surface area contributed by atoms with Crippen molar-refractivity contribution >= 4 is 10.0 Å². The molecule has 0 amide bonds. The summed E-state index contributed by atoms with van der Waals surface area (Å²) in [5.74, 6) is 0.256. The van der Waals surface area contributed by atoms with Gasteiger partial charge in [0.2, 0.25) is 10.0 Å². The number of nitrogens with one attached hydrogen (secondary N) is 1. The molecule has 2 rings (SSSR count). The van der Waals surface area contributed by atoms with Crippen LogP contribution in [0.1, 0.15) is 36.0 Å². The van der Waals surface area contributed by atoms with Crippen LogP contribution >= 0.6 is 0 Å². The third-order valence-corrected chi connectivity index (χ3v) is 5.33. The fourth-order valence-corrected chi connectivity index (χ4v) is 3.66. The van der Waals surface area contributed by atoms with Crippen molar-refractivity contribution in [3.8, 4) is 0 Å². The molecule has 5 heteroatoms. The van der Waals surface area contributed by atoms with Crippen molar-refractivity contribution < 1.29 is 8.42 Å². The zero-order valence-corrected chi connectivity index (χ0v) is 14.5. The Labute approximate surface area is 139 Å². The van der Waals surface area contributed by atoms with E-state index in [1.807, 2.05) is 32.2 Å². The second-order valence-electron chi connectivity index (χ2n) is 5.84. The number of hydrogen-bond acceptors (Lipinski definition) is 3. The highest BCUT2D eigenvalue weighted by atomic mass is 32.2. The van der Waals surface area contributed by atoms with Gasteiger partial charge in [-0.3, -0.25) is 4.98 Å². The summed E-state index contributed by atoms with van der Waals surface area (Å²) in [6.07, 6.45) is 4.95. The van der Waals surface area contributed by atoms with Crippen LogP contribution in [0.5, 0.6) is 0 Å². The minimum Gasteiger partial charge on any atom is -0.264 e. The first kappa shape index (κ1) is 17.6. The number of hydrogen-bond donors (Lipinski definition) is 1. The van der Waals surface area contributed by atoms with Gasteiger partial charge < -0.3 is 0 Å². The minimum atomic E-state index is -3.20. The van der Waals surface area contributed by atoms with Gasteiger partial charge in [-0.15, -0.1) is 0 Å². The largest absolute Gasteiger partial charge is 0.264 e. The number of aryl methyl sites for hydroxylation is 1. The van der Waals surface area contributed by atoms with Crippen LogP contribution in [0.25, 0.3) is 0 Å². The molecule has 1 aromatic carbocycles. The Balaban J connectivity index is 2.16. The van der Waals surface area contributed by atoms with Gasteiger partial charge in [0.25, 0.3) is 0 Å². The van der Waals surface area contributed by atoms with Crippen LogP contribution in [0.15, 0.2) is 48.8 Å². The summed E-state index contributed by atoms with van der Waals surface area (Å²) in [6, 6.07) is 12.2. The topological polar surface area (TPSA) is 59.1 Å². The van der Waals surface area contributed by atoms with Gasteiger partial charge >= 0.3 is 0 Å². The third-order valence-electron chi connectivity index (χ3n) is 3.78. The number of rotatable bonds is 8. The van der Waals surface area contributed by atoms with Crippen LogP contribution in [0.3, 0.4) is 0 Å². The molecular formula is C18H24N2O2S. The highest BCUT2D eigenvalue weighted by molar-refractivity contribution is 7.89. The maximum absolute atomic E-state index is 11.9. The van der Waals surface area contributed by atoms with Crippen LogP contribution in [0.4, 0.5) is 0 Å². The lowest BCUT2D eigenvalue weighted by atomic mass is 9.92. The summed E-state index contributed by atoms with van der Waals surface area (Å²) >= 11 is 0. The Morgan fingerprint density at radius 2 is 1.91 bits per heavy atom. The lowest BCUT2D eigenvalue weighted by Crippen LogP contribution is -2.31. The predicted octanol–water partition coefficient (Wildman–Crippen LogP) is 3.05. The van der Waals surface area contributed by atoms with Crippen LogP contribution in [0, 0.1) is 6.92 Å². The molecular weight excluding hydrogens is 308 g/mol. The first-order valence-electron chi connectivity index (χ1n) is 7.93. The second kappa shape index (κ2) is 8.22. The SMILES string of the molecule is CCCS(=O)(=O)NCC(Cc1cccnc1)c1ccc(C)cc1. The van der Waals surface area contributed by atoms with Crippen LogP contribution in [-0.2, 0) is 16.4 Å². The average Bonchev–Trinajstić information content (AvgIpc) is 2.53. The molecule has 0 fully saturated rings. The smallest absolute Gasteiger partial charge is 0.211 e. The highest BCUT2D eigenvalue weighted by Crippen LogP contribution is 2.21. The molecule has 2 aromatic rings. The molecule has 0 saturated carbocycles. The third kappa shape index (κ3) is 5.77. The molecule has 0 spiro atoms. The zero-order valence-electron chi connectivity index (χ0n) is 13.7. The quantitative estimate of drug-likeness (QED) is 0.808. The number of sulfonamides is 1. The van der Waals surface area contributed by atoms with E-state index in [4.69, 9.17) is 0 Å². The van der Waals surface area contributed by atoms with Gasteiger partial charge in [-0.1, -0.05) is 42.8 Å². The molecule has 1 aromatic heterocycles. The van der Waals surface area contributed by atoms with E-state index in [-0.39, 0.29) is 11.7 Å². The normalized spacial score (nSPS) is 13.0. The molecule has 1 N–H and O–H groups in total. The minimum absolute atomic E-state index is 0.0893. The predicted molar refractivity (Wildman–Crippen MR) is 93.9 cm³/mol. The number of pyridine rings is 1. The molecule has 0 aliphatic carbocycles. The van der Waals surface area contributed by atoms with Crippen molar-refractivity contribution in [2.24, 2.45) is 0 Å². The van der Waals surface area contributed by atoms with Crippen molar-refractivity contribution in [3.63, 3.8) is 0 Å². The second-order valence-corrected chi connectivity index (χ2v) is 7.77. The highest BCUT2D eigenvalue weighted by Gasteiger charge is 2.16. The van der Waals surface area contributed by atoms with Gasteiger partial charge in [0.1, 0.15) is 0 Å². The average molecular weight is 332 g/mol. The van der Waals surface area contributed by atoms with E-state index >= 15 is 0 Å². The van der Waals surface area contributed by atoms with E-state index in [1.165, 1.54) is 5.56 Å². The summed E-state index contributed by atoms with van der Waals surface area (Å²) in [5, 5.41) is 0.